The Hall–Kier alpha value is -4.46. The van der Waals surface area contributed by atoms with Crippen molar-refractivity contribution in [3.8, 4) is 23.0 Å². The van der Waals surface area contributed by atoms with Crippen molar-refractivity contribution in [1.29, 1.82) is 0 Å². The van der Waals surface area contributed by atoms with Crippen LogP contribution in [0.3, 0.4) is 0 Å². The first-order valence-corrected chi connectivity index (χ1v) is 13.2. The van der Waals surface area contributed by atoms with Crippen LogP contribution >= 0.6 is 0 Å². The molecule has 0 bridgehead atoms. The molecule has 4 rings (SSSR count). The second-order valence-corrected chi connectivity index (χ2v) is 9.90. The molecule has 8 heteroatoms. The smallest absolute Gasteiger partial charge is 0.300 e. The molecule has 1 aliphatic rings. The van der Waals surface area contributed by atoms with Crippen LogP contribution in [0.1, 0.15) is 43.5 Å². The van der Waals surface area contributed by atoms with Gasteiger partial charge in [-0.3, -0.25) is 14.5 Å². The van der Waals surface area contributed by atoms with Crippen LogP contribution in [0.4, 0.5) is 5.69 Å². The SMILES string of the molecule is CCOc1cc(C2/C(=C(/O)c3ccc(OCC(C)C)c(C)c3)C(=O)C(=O)N2c2cccc(OC)c2)ccc1OC. The molecule has 40 heavy (non-hydrogen) atoms. The molecule has 1 amide bonds. The summed E-state index contributed by atoms with van der Waals surface area (Å²) in [4.78, 5) is 28.5. The predicted molar refractivity (Wildman–Crippen MR) is 153 cm³/mol. The van der Waals surface area contributed by atoms with E-state index in [0.717, 1.165) is 5.56 Å². The molecule has 0 aromatic heterocycles. The molecule has 0 radical (unpaired) electrons. The van der Waals surface area contributed by atoms with Crippen molar-refractivity contribution in [2.75, 3.05) is 32.3 Å². The average molecular weight is 546 g/mol. The number of amides is 1. The summed E-state index contributed by atoms with van der Waals surface area (Å²) in [6.45, 7) is 8.79. The van der Waals surface area contributed by atoms with Crippen molar-refractivity contribution in [3.63, 3.8) is 0 Å². The lowest BCUT2D eigenvalue weighted by Gasteiger charge is -2.26. The summed E-state index contributed by atoms with van der Waals surface area (Å²) < 4.78 is 22.5. The van der Waals surface area contributed by atoms with Crippen molar-refractivity contribution in [2.24, 2.45) is 5.92 Å². The second-order valence-electron chi connectivity index (χ2n) is 9.90. The molecular formula is C32H35NO7. The van der Waals surface area contributed by atoms with E-state index < -0.39 is 17.7 Å². The van der Waals surface area contributed by atoms with E-state index >= 15 is 0 Å². The Morgan fingerprint density at radius 2 is 1.68 bits per heavy atom. The van der Waals surface area contributed by atoms with Crippen LogP contribution in [0.5, 0.6) is 23.0 Å². The number of aliphatic hydroxyl groups excluding tert-OH is 1. The molecule has 1 heterocycles. The first-order valence-electron chi connectivity index (χ1n) is 13.2. The first kappa shape index (κ1) is 28.5. The number of ketones is 1. The van der Waals surface area contributed by atoms with Gasteiger partial charge in [0.15, 0.2) is 11.5 Å². The summed E-state index contributed by atoms with van der Waals surface area (Å²) >= 11 is 0. The lowest BCUT2D eigenvalue weighted by molar-refractivity contribution is -0.132. The minimum Gasteiger partial charge on any atom is -0.507 e. The summed E-state index contributed by atoms with van der Waals surface area (Å²) in [5, 5.41) is 11.6. The maximum atomic E-state index is 13.6. The molecule has 210 valence electrons. The van der Waals surface area contributed by atoms with Gasteiger partial charge in [-0.2, -0.15) is 0 Å². The highest BCUT2D eigenvalue weighted by atomic mass is 16.5. The highest BCUT2D eigenvalue weighted by Gasteiger charge is 2.47. The zero-order valence-corrected chi connectivity index (χ0v) is 23.7. The van der Waals surface area contributed by atoms with Crippen molar-refractivity contribution >= 4 is 23.1 Å². The Kier molecular flexibility index (Phi) is 8.67. The summed E-state index contributed by atoms with van der Waals surface area (Å²) in [6, 6.07) is 16.4. The number of methoxy groups -OCH3 is 2. The molecule has 0 spiro atoms. The largest absolute Gasteiger partial charge is 0.507 e. The number of benzene rings is 3. The molecule has 3 aromatic carbocycles. The Morgan fingerprint density at radius 3 is 2.33 bits per heavy atom. The molecule has 8 nitrogen and oxygen atoms in total. The van der Waals surface area contributed by atoms with Crippen molar-refractivity contribution in [1.82, 2.24) is 0 Å². The number of aliphatic hydroxyl groups is 1. The summed E-state index contributed by atoms with van der Waals surface area (Å²) in [7, 11) is 3.07. The molecule has 0 aliphatic carbocycles. The van der Waals surface area contributed by atoms with Crippen LogP contribution in [0.15, 0.2) is 66.2 Å². The molecule has 1 saturated heterocycles. The molecule has 1 fully saturated rings. The second kappa shape index (κ2) is 12.2. The van der Waals surface area contributed by atoms with E-state index in [4.69, 9.17) is 18.9 Å². The predicted octanol–water partition coefficient (Wildman–Crippen LogP) is 6.07. The fourth-order valence-corrected chi connectivity index (χ4v) is 4.68. The first-order chi connectivity index (χ1) is 19.2. The van der Waals surface area contributed by atoms with E-state index in [1.165, 1.54) is 19.1 Å². The number of anilines is 1. The molecule has 1 unspecified atom stereocenters. The Morgan fingerprint density at radius 1 is 0.925 bits per heavy atom. The lowest BCUT2D eigenvalue weighted by Crippen LogP contribution is -2.29. The van der Waals surface area contributed by atoms with Gasteiger partial charge in [0, 0.05) is 17.3 Å². The van der Waals surface area contributed by atoms with Gasteiger partial charge in [0.25, 0.3) is 11.7 Å². The molecule has 3 aromatic rings. The van der Waals surface area contributed by atoms with Gasteiger partial charge in [-0.05, 0) is 73.4 Å². The summed E-state index contributed by atoms with van der Waals surface area (Å²) in [5.41, 5.74) is 2.19. The highest BCUT2D eigenvalue weighted by Crippen LogP contribution is 2.45. The molecule has 1 N–H and O–H groups in total. The molecule has 1 atom stereocenters. The number of carbonyl (C=O) groups is 2. The van der Waals surface area contributed by atoms with E-state index in [1.807, 2.05) is 13.8 Å². The number of Topliss-reactive ketones (excluding diaryl/α,β-unsaturated/α-hetero) is 1. The van der Waals surface area contributed by atoms with Crippen molar-refractivity contribution < 1.29 is 33.6 Å². The number of nitrogens with zero attached hydrogens (tertiary/aromatic N) is 1. The maximum Gasteiger partial charge on any atom is 0.300 e. The number of aryl methyl sites for hydroxylation is 1. The van der Waals surface area contributed by atoms with Crippen LogP contribution in [0.25, 0.3) is 5.76 Å². The van der Waals surface area contributed by atoms with Gasteiger partial charge in [0.05, 0.1) is 39.0 Å². The minimum absolute atomic E-state index is 0.0318. The summed E-state index contributed by atoms with van der Waals surface area (Å²) in [6.07, 6.45) is 0. The van der Waals surface area contributed by atoms with E-state index in [1.54, 1.807) is 60.7 Å². The van der Waals surface area contributed by atoms with Gasteiger partial charge < -0.3 is 24.1 Å². The van der Waals surface area contributed by atoms with Crippen molar-refractivity contribution in [2.45, 2.75) is 33.7 Å². The minimum atomic E-state index is -0.936. The fraction of sp³-hybridized carbons (Fsp3) is 0.312. The van der Waals surface area contributed by atoms with Gasteiger partial charge in [0.1, 0.15) is 17.3 Å². The van der Waals surface area contributed by atoms with Gasteiger partial charge >= 0.3 is 0 Å². The molecule has 0 saturated carbocycles. The van der Waals surface area contributed by atoms with Crippen LogP contribution in [0.2, 0.25) is 0 Å². The topological polar surface area (TPSA) is 94.5 Å². The summed E-state index contributed by atoms with van der Waals surface area (Å²) in [5.74, 6) is 0.703. The van der Waals surface area contributed by atoms with E-state index in [2.05, 4.69) is 13.8 Å². The van der Waals surface area contributed by atoms with Crippen LogP contribution < -0.4 is 23.8 Å². The quantitative estimate of drug-likeness (QED) is 0.188. The third-order valence-electron chi connectivity index (χ3n) is 6.60. The van der Waals surface area contributed by atoms with Gasteiger partial charge in [-0.1, -0.05) is 26.0 Å². The standard InChI is InChI=1S/C32H35NO7/c1-7-39-27-16-21(11-14-26(27)38-6)29-28(30(34)22-12-13-25(20(4)15-22)40-18-19(2)3)31(35)32(36)33(29)23-9-8-10-24(17-23)37-5/h8-17,19,29,34H,7,18H2,1-6H3/b30-28-. The van der Waals surface area contributed by atoms with Gasteiger partial charge in [0.2, 0.25) is 0 Å². The lowest BCUT2D eigenvalue weighted by atomic mass is 9.94. The highest BCUT2D eigenvalue weighted by molar-refractivity contribution is 6.51. The molecule has 1 aliphatic heterocycles. The van der Waals surface area contributed by atoms with E-state index in [9.17, 15) is 14.7 Å². The fourth-order valence-electron chi connectivity index (χ4n) is 4.68. The maximum absolute atomic E-state index is 13.6. The number of hydrogen-bond donors (Lipinski definition) is 1. The molecular weight excluding hydrogens is 510 g/mol. The Labute approximate surface area is 234 Å². The Bertz CT molecular complexity index is 1440. The third-order valence-corrected chi connectivity index (χ3v) is 6.60. The number of ether oxygens (including phenoxy) is 4. The Balaban J connectivity index is 1.90. The number of carbonyl (C=O) groups excluding carboxylic acids is 2. The van der Waals surface area contributed by atoms with Crippen LogP contribution in [0, 0.1) is 12.8 Å². The zero-order chi connectivity index (χ0) is 29.0. The average Bonchev–Trinajstić information content (AvgIpc) is 3.22. The van der Waals surface area contributed by atoms with E-state index in [-0.39, 0.29) is 11.3 Å². The van der Waals surface area contributed by atoms with Crippen LogP contribution in [-0.2, 0) is 9.59 Å². The zero-order valence-electron chi connectivity index (χ0n) is 23.7. The third kappa shape index (κ3) is 5.61. The van der Waals surface area contributed by atoms with Crippen LogP contribution in [-0.4, -0.2) is 44.2 Å². The normalized spacial score (nSPS) is 16.4. The van der Waals surface area contributed by atoms with E-state index in [0.29, 0.717) is 58.9 Å². The number of rotatable bonds is 10. The monoisotopic (exact) mass is 545 g/mol. The van der Waals surface area contributed by atoms with Crippen molar-refractivity contribution in [3.05, 3.63) is 82.9 Å². The van der Waals surface area contributed by atoms with Gasteiger partial charge in [-0.25, -0.2) is 0 Å². The number of hydrogen-bond acceptors (Lipinski definition) is 7. The van der Waals surface area contributed by atoms with Gasteiger partial charge in [-0.15, -0.1) is 0 Å².